The maximum atomic E-state index is 4.82. The van der Waals surface area contributed by atoms with E-state index in [9.17, 15) is 0 Å². The number of allylic oxidation sites excluding steroid dienone is 7. The second kappa shape index (κ2) is 10.9. The maximum Gasteiger partial charge on any atom is 0.0454 e. The van der Waals surface area contributed by atoms with Crippen LogP contribution < -0.4 is 0 Å². The van der Waals surface area contributed by atoms with E-state index < -0.39 is 0 Å². The lowest BCUT2D eigenvalue weighted by Gasteiger charge is -2.11. The summed E-state index contributed by atoms with van der Waals surface area (Å²) in [7, 11) is 5.77. The van der Waals surface area contributed by atoms with E-state index in [1.54, 1.807) is 7.05 Å². The number of hydrogen-bond acceptors (Lipinski definition) is 3. The van der Waals surface area contributed by atoms with Gasteiger partial charge in [0, 0.05) is 50.5 Å². The van der Waals surface area contributed by atoms with E-state index in [0.29, 0.717) is 0 Å². The molecule has 27 heavy (non-hydrogen) atoms. The summed E-state index contributed by atoms with van der Waals surface area (Å²) in [5.74, 6) is 0. The molecule has 0 unspecified atom stereocenters. The Morgan fingerprint density at radius 2 is 1.74 bits per heavy atom. The van der Waals surface area contributed by atoms with Crippen LogP contribution >= 0.6 is 0 Å². The van der Waals surface area contributed by atoms with Gasteiger partial charge in [0.25, 0.3) is 0 Å². The van der Waals surface area contributed by atoms with Crippen LogP contribution in [0.15, 0.2) is 88.7 Å². The number of aliphatic imine (C=N–C) groups is 2. The second-order valence-corrected chi connectivity index (χ2v) is 6.36. The lowest BCUT2D eigenvalue weighted by molar-refractivity contribution is 0.566. The van der Waals surface area contributed by atoms with Crippen LogP contribution in [0, 0.1) is 0 Å². The summed E-state index contributed by atoms with van der Waals surface area (Å²) in [4.78, 5) is 11.0. The minimum absolute atomic E-state index is 0.911. The Hall–Kier alpha value is -2.94. The average molecular weight is 362 g/mol. The van der Waals surface area contributed by atoms with Crippen molar-refractivity contribution in [3.8, 4) is 0 Å². The summed E-state index contributed by atoms with van der Waals surface area (Å²) in [6.07, 6.45) is 9.60. The number of rotatable bonds is 8. The van der Waals surface area contributed by atoms with Gasteiger partial charge in [-0.15, -0.1) is 0 Å². The van der Waals surface area contributed by atoms with Gasteiger partial charge in [-0.05, 0) is 49.1 Å². The van der Waals surface area contributed by atoms with Crippen molar-refractivity contribution in [2.24, 2.45) is 9.98 Å². The predicted molar refractivity (Wildman–Crippen MR) is 122 cm³/mol. The van der Waals surface area contributed by atoms with E-state index >= 15 is 0 Å². The Kier molecular flexibility index (Phi) is 8.94. The van der Waals surface area contributed by atoms with Gasteiger partial charge >= 0.3 is 0 Å². The van der Waals surface area contributed by atoms with Gasteiger partial charge in [0.15, 0.2) is 0 Å². The first-order valence-electron chi connectivity index (χ1n) is 8.96. The molecule has 0 aliphatic carbocycles. The maximum absolute atomic E-state index is 4.82. The molecule has 0 aliphatic heterocycles. The molecule has 0 atom stereocenters. The first-order valence-corrected chi connectivity index (χ1v) is 8.96. The fraction of sp³-hybridized carbons (Fsp3) is 0.250. The molecule has 1 aromatic carbocycles. The summed E-state index contributed by atoms with van der Waals surface area (Å²) in [6, 6.07) is 8.34. The van der Waals surface area contributed by atoms with Crippen molar-refractivity contribution in [3.05, 3.63) is 89.8 Å². The van der Waals surface area contributed by atoms with Crippen LogP contribution in [0.25, 0.3) is 5.57 Å². The molecule has 3 nitrogen and oxygen atoms in total. The Morgan fingerprint density at radius 1 is 1.07 bits per heavy atom. The lowest BCUT2D eigenvalue weighted by atomic mass is 10.0. The fourth-order valence-electron chi connectivity index (χ4n) is 2.74. The molecule has 0 N–H and O–H groups in total. The lowest BCUT2D eigenvalue weighted by Crippen LogP contribution is -2.03. The summed E-state index contributed by atoms with van der Waals surface area (Å²) in [6.45, 7) is 13.9. The molecular weight excluding hydrogens is 330 g/mol. The topological polar surface area (TPSA) is 28.0 Å². The molecule has 0 heterocycles. The fourth-order valence-corrected chi connectivity index (χ4v) is 2.74. The Bertz CT molecular complexity index is 831. The first kappa shape index (κ1) is 22.1. The zero-order chi connectivity index (χ0) is 20.4. The van der Waals surface area contributed by atoms with Crippen molar-refractivity contribution in [2.75, 3.05) is 21.1 Å². The monoisotopic (exact) mass is 361 g/mol. The molecule has 3 heteroatoms. The minimum atomic E-state index is 0.911. The Balaban J connectivity index is 3.38. The third kappa shape index (κ3) is 6.37. The van der Waals surface area contributed by atoms with Crippen LogP contribution in [-0.2, 0) is 0 Å². The highest BCUT2D eigenvalue weighted by atomic mass is 15.0. The van der Waals surface area contributed by atoms with Gasteiger partial charge in [0.2, 0.25) is 0 Å². The zero-order valence-corrected chi connectivity index (χ0v) is 17.5. The molecule has 0 fully saturated rings. The summed E-state index contributed by atoms with van der Waals surface area (Å²) in [5.41, 5.74) is 7.12. The van der Waals surface area contributed by atoms with Gasteiger partial charge in [-0.3, -0.25) is 9.98 Å². The SMILES string of the molecule is C=C/C(=C\N(C)C)c1cccc(C(C)=N/C(C)=C(C=C)/C(C=NC)=C/C)c1. The molecule has 0 saturated carbocycles. The molecule has 142 valence electrons. The average Bonchev–Trinajstić information content (AvgIpc) is 2.65. The molecule has 1 rings (SSSR count). The Labute approximate surface area is 164 Å². The van der Waals surface area contributed by atoms with E-state index in [2.05, 4.69) is 42.5 Å². The first-order chi connectivity index (χ1) is 12.9. The number of benzene rings is 1. The van der Waals surface area contributed by atoms with Crippen LogP contribution in [0.4, 0.5) is 0 Å². The smallest absolute Gasteiger partial charge is 0.0454 e. The van der Waals surface area contributed by atoms with Gasteiger partial charge in [-0.2, -0.15) is 0 Å². The molecule has 0 aromatic heterocycles. The standard InChI is InChI=1S/C24H31N3/c1-9-20(16-25-6)24(11-3)19(5)26-18(4)22-13-12-14-23(15-22)21(10-2)17-27(7)8/h9-17H,2-3H2,1,4-8H3/b20-9+,21-17+,24-19+,25-16?,26-18?. The quantitative estimate of drug-likeness (QED) is 0.432. The van der Waals surface area contributed by atoms with Crippen LogP contribution in [0.3, 0.4) is 0 Å². The zero-order valence-electron chi connectivity index (χ0n) is 17.5. The highest BCUT2D eigenvalue weighted by Crippen LogP contribution is 2.20. The molecule has 0 radical (unpaired) electrons. The van der Waals surface area contributed by atoms with Gasteiger partial charge in [0.1, 0.15) is 0 Å². The second-order valence-electron chi connectivity index (χ2n) is 6.36. The highest BCUT2D eigenvalue weighted by molar-refractivity contribution is 6.00. The molecular formula is C24H31N3. The molecule has 0 amide bonds. The number of hydrogen-bond donors (Lipinski definition) is 0. The van der Waals surface area contributed by atoms with E-state index in [4.69, 9.17) is 4.99 Å². The summed E-state index contributed by atoms with van der Waals surface area (Å²) < 4.78 is 0. The van der Waals surface area contributed by atoms with Crippen molar-refractivity contribution in [3.63, 3.8) is 0 Å². The van der Waals surface area contributed by atoms with Crippen LogP contribution in [0.5, 0.6) is 0 Å². The van der Waals surface area contributed by atoms with E-state index in [-0.39, 0.29) is 0 Å². The van der Waals surface area contributed by atoms with Gasteiger partial charge in [-0.25, -0.2) is 0 Å². The minimum Gasteiger partial charge on any atom is -0.383 e. The normalized spacial score (nSPS) is 14.2. The summed E-state index contributed by atoms with van der Waals surface area (Å²) in [5, 5.41) is 0. The van der Waals surface area contributed by atoms with Crippen molar-refractivity contribution >= 4 is 17.5 Å². The number of nitrogens with zero attached hydrogens (tertiary/aromatic N) is 3. The van der Waals surface area contributed by atoms with E-state index in [0.717, 1.165) is 39.3 Å². The molecule has 0 spiro atoms. The molecule has 1 aromatic rings. The van der Waals surface area contributed by atoms with Crippen LogP contribution in [0.1, 0.15) is 31.9 Å². The van der Waals surface area contributed by atoms with Crippen molar-refractivity contribution in [1.82, 2.24) is 4.90 Å². The molecule has 0 aliphatic rings. The third-order valence-electron chi connectivity index (χ3n) is 4.05. The van der Waals surface area contributed by atoms with Crippen LogP contribution in [0.2, 0.25) is 0 Å². The van der Waals surface area contributed by atoms with E-state index in [1.165, 1.54) is 0 Å². The van der Waals surface area contributed by atoms with Crippen molar-refractivity contribution in [1.29, 1.82) is 0 Å². The van der Waals surface area contributed by atoms with Gasteiger partial charge < -0.3 is 4.90 Å². The van der Waals surface area contributed by atoms with Gasteiger partial charge in [-0.1, -0.05) is 49.6 Å². The molecule has 0 saturated heterocycles. The Morgan fingerprint density at radius 3 is 2.26 bits per heavy atom. The van der Waals surface area contributed by atoms with Crippen LogP contribution in [-0.4, -0.2) is 38.0 Å². The van der Waals surface area contributed by atoms with Gasteiger partial charge in [0.05, 0.1) is 0 Å². The highest BCUT2D eigenvalue weighted by Gasteiger charge is 2.06. The predicted octanol–water partition coefficient (Wildman–Crippen LogP) is 5.69. The van der Waals surface area contributed by atoms with Crippen molar-refractivity contribution in [2.45, 2.75) is 20.8 Å². The largest absolute Gasteiger partial charge is 0.383 e. The van der Waals surface area contributed by atoms with Crippen molar-refractivity contribution < 1.29 is 0 Å². The summed E-state index contributed by atoms with van der Waals surface area (Å²) >= 11 is 0. The van der Waals surface area contributed by atoms with E-state index in [1.807, 2.05) is 70.3 Å². The molecule has 0 bridgehead atoms. The third-order valence-corrected chi connectivity index (χ3v) is 4.05.